The molecular formula is C6H8N2O2. The van der Waals surface area contributed by atoms with E-state index in [1.54, 1.807) is 6.92 Å². The molecule has 0 aliphatic rings. The summed E-state index contributed by atoms with van der Waals surface area (Å²) in [5.74, 6) is 0. The molecule has 0 aromatic carbocycles. The third kappa shape index (κ3) is 1.00. The molecule has 0 saturated carbocycles. The van der Waals surface area contributed by atoms with Crippen LogP contribution < -0.4 is 10.4 Å². The first-order valence-corrected chi connectivity index (χ1v) is 2.88. The lowest BCUT2D eigenvalue weighted by molar-refractivity contribution is -0.698. The van der Waals surface area contributed by atoms with Crippen LogP contribution in [0.3, 0.4) is 0 Å². The Balaban J connectivity index is 3.46. The average Bonchev–Trinajstić information content (AvgIpc) is 1.82. The van der Waals surface area contributed by atoms with Crippen LogP contribution in [0, 0.1) is 12.1 Å². The predicted octanol–water partition coefficient (Wildman–Crippen LogP) is -0.673. The fourth-order valence-electron chi connectivity index (χ4n) is 0.683. The van der Waals surface area contributed by atoms with E-state index in [2.05, 4.69) is 0 Å². The van der Waals surface area contributed by atoms with Gasteiger partial charge in [0.25, 0.3) is 0 Å². The van der Waals surface area contributed by atoms with Crippen molar-refractivity contribution in [3.63, 3.8) is 0 Å². The molecule has 0 amide bonds. The molecule has 54 valence electrons. The number of aromatic nitrogens is 2. The van der Waals surface area contributed by atoms with Crippen molar-refractivity contribution in [3.05, 3.63) is 33.4 Å². The van der Waals surface area contributed by atoms with E-state index in [1.165, 1.54) is 19.3 Å². The van der Waals surface area contributed by atoms with E-state index in [0.717, 1.165) is 4.68 Å². The summed E-state index contributed by atoms with van der Waals surface area (Å²) in [6, 6.07) is 1.41. The minimum atomic E-state index is -0.282. The topological polar surface area (TPSA) is 48.9 Å². The van der Waals surface area contributed by atoms with Gasteiger partial charge < -0.3 is 5.21 Å². The summed E-state index contributed by atoms with van der Waals surface area (Å²) in [5, 5.41) is 10.7. The van der Waals surface area contributed by atoms with Crippen LogP contribution in [0.25, 0.3) is 0 Å². The lowest BCUT2D eigenvalue weighted by Crippen LogP contribution is -2.45. The Morgan fingerprint density at radius 2 is 2.30 bits per heavy atom. The molecule has 1 rings (SSSR count). The number of rotatable bonds is 0. The molecule has 4 nitrogen and oxygen atoms in total. The molecule has 0 saturated heterocycles. The molecule has 0 bridgehead atoms. The maximum absolute atomic E-state index is 10.8. The van der Waals surface area contributed by atoms with Crippen molar-refractivity contribution in [3.8, 4) is 0 Å². The Morgan fingerprint density at radius 1 is 1.70 bits per heavy atom. The molecule has 1 aromatic rings. The van der Waals surface area contributed by atoms with E-state index in [0.29, 0.717) is 10.4 Å². The van der Waals surface area contributed by atoms with Crippen LogP contribution >= 0.6 is 0 Å². The number of hydrogen-bond donors (Lipinski definition) is 0. The number of aryl methyl sites for hydroxylation is 1. The lowest BCUT2D eigenvalue weighted by Gasteiger charge is -1.99. The smallest absolute Gasteiger partial charge is 0.302 e. The Kier molecular flexibility index (Phi) is 1.45. The highest BCUT2D eigenvalue weighted by Gasteiger charge is 1.98. The van der Waals surface area contributed by atoms with Crippen molar-refractivity contribution in [1.82, 2.24) is 4.68 Å². The Labute approximate surface area is 57.9 Å². The van der Waals surface area contributed by atoms with Gasteiger partial charge in [-0.3, -0.25) is 4.79 Å². The number of nitrogens with zero attached hydrogens (tertiary/aromatic N) is 2. The largest absolute Gasteiger partial charge is 0.596 e. The highest BCUT2D eigenvalue weighted by molar-refractivity contribution is 4.99. The van der Waals surface area contributed by atoms with Gasteiger partial charge in [-0.1, -0.05) is 4.85 Å². The van der Waals surface area contributed by atoms with Gasteiger partial charge in [0.2, 0.25) is 6.20 Å². The first kappa shape index (κ1) is 6.80. The Bertz CT molecular complexity index is 303. The summed E-state index contributed by atoms with van der Waals surface area (Å²) in [7, 11) is 1.43. The molecule has 0 fully saturated rings. The summed E-state index contributed by atoms with van der Waals surface area (Å²) in [6.45, 7) is 1.70. The van der Waals surface area contributed by atoms with Gasteiger partial charge in [-0.05, 0) is 6.92 Å². The zero-order valence-electron chi connectivity index (χ0n) is 5.87. The summed E-state index contributed by atoms with van der Waals surface area (Å²) in [4.78, 5) is 11.3. The van der Waals surface area contributed by atoms with Gasteiger partial charge in [-0.25, -0.2) is 0 Å². The Morgan fingerprint density at radius 3 is 2.80 bits per heavy atom. The normalized spacial score (nSPS) is 9.80. The molecule has 1 heterocycles. The van der Waals surface area contributed by atoms with Gasteiger partial charge >= 0.3 is 5.56 Å². The van der Waals surface area contributed by atoms with Gasteiger partial charge in [0.1, 0.15) is 0 Å². The van der Waals surface area contributed by atoms with Gasteiger partial charge in [0.15, 0.2) is 0 Å². The molecule has 1 aromatic heterocycles. The van der Waals surface area contributed by atoms with E-state index < -0.39 is 0 Å². The van der Waals surface area contributed by atoms with Crippen LogP contribution in [0.15, 0.2) is 17.1 Å². The third-order valence-corrected chi connectivity index (χ3v) is 1.28. The average molecular weight is 140 g/mol. The van der Waals surface area contributed by atoms with E-state index in [9.17, 15) is 10.0 Å². The highest BCUT2D eigenvalue weighted by atomic mass is 16.5. The SMILES string of the molecule is Cc1cc(=O)n(C)[n+]([O-])c1. The molecule has 4 heteroatoms. The van der Waals surface area contributed by atoms with Crippen molar-refractivity contribution in [2.75, 3.05) is 0 Å². The second-order valence-electron chi connectivity index (χ2n) is 2.18. The predicted molar refractivity (Wildman–Crippen MR) is 35.4 cm³/mol. The van der Waals surface area contributed by atoms with Crippen LogP contribution in [-0.2, 0) is 7.05 Å². The lowest BCUT2D eigenvalue weighted by atomic mass is 10.4. The minimum absolute atomic E-state index is 0.282. The zero-order chi connectivity index (χ0) is 7.72. The van der Waals surface area contributed by atoms with E-state index in [-0.39, 0.29) is 5.56 Å². The molecule has 0 radical (unpaired) electrons. The molecule has 0 unspecified atom stereocenters. The third-order valence-electron chi connectivity index (χ3n) is 1.28. The van der Waals surface area contributed by atoms with Crippen molar-refractivity contribution < 1.29 is 4.85 Å². The van der Waals surface area contributed by atoms with Gasteiger partial charge in [-0.15, -0.1) is 4.68 Å². The molecule has 10 heavy (non-hydrogen) atoms. The van der Waals surface area contributed by atoms with Crippen LogP contribution in [0.4, 0.5) is 0 Å². The summed E-state index contributed by atoms with van der Waals surface area (Å²) < 4.78 is 0.993. The van der Waals surface area contributed by atoms with Crippen LogP contribution in [-0.4, -0.2) is 4.68 Å². The van der Waals surface area contributed by atoms with Crippen LogP contribution in [0.2, 0.25) is 0 Å². The first-order chi connectivity index (χ1) is 4.61. The Hall–Kier alpha value is -1.32. The van der Waals surface area contributed by atoms with E-state index >= 15 is 0 Å². The second-order valence-corrected chi connectivity index (χ2v) is 2.18. The van der Waals surface area contributed by atoms with Crippen molar-refractivity contribution in [2.45, 2.75) is 6.92 Å². The van der Waals surface area contributed by atoms with Gasteiger partial charge in [0.05, 0.1) is 7.05 Å². The summed E-state index contributed by atoms with van der Waals surface area (Å²) in [5.41, 5.74) is 0.396. The van der Waals surface area contributed by atoms with Crippen LogP contribution in [0.5, 0.6) is 0 Å². The van der Waals surface area contributed by atoms with E-state index in [1.807, 2.05) is 0 Å². The second kappa shape index (κ2) is 2.13. The molecule has 0 aliphatic carbocycles. The fraction of sp³-hybridized carbons (Fsp3) is 0.333. The van der Waals surface area contributed by atoms with Crippen molar-refractivity contribution >= 4 is 0 Å². The maximum atomic E-state index is 10.8. The standard InChI is InChI=1S/C6H8N2O2/c1-5-3-6(9)7(2)8(10)4-5/h3-4H,1-2H3. The quantitative estimate of drug-likeness (QED) is 0.354. The summed E-state index contributed by atoms with van der Waals surface area (Å²) in [6.07, 6.45) is 1.35. The molecular weight excluding hydrogens is 132 g/mol. The van der Waals surface area contributed by atoms with Crippen molar-refractivity contribution in [2.24, 2.45) is 7.05 Å². The molecule has 0 spiro atoms. The van der Waals surface area contributed by atoms with E-state index in [4.69, 9.17) is 0 Å². The minimum Gasteiger partial charge on any atom is -0.596 e. The monoisotopic (exact) mass is 140 g/mol. The van der Waals surface area contributed by atoms with Gasteiger partial charge in [0, 0.05) is 11.6 Å². The summed E-state index contributed by atoms with van der Waals surface area (Å²) >= 11 is 0. The molecule has 0 atom stereocenters. The highest BCUT2D eigenvalue weighted by Crippen LogP contribution is 1.82. The first-order valence-electron chi connectivity index (χ1n) is 2.88. The van der Waals surface area contributed by atoms with Crippen molar-refractivity contribution in [1.29, 1.82) is 0 Å². The van der Waals surface area contributed by atoms with Gasteiger partial charge in [-0.2, -0.15) is 0 Å². The molecule has 0 N–H and O–H groups in total. The van der Waals surface area contributed by atoms with Crippen LogP contribution in [0.1, 0.15) is 5.56 Å². The molecule has 0 aliphatic heterocycles. The number of hydrogen-bond acceptors (Lipinski definition) is 2. The zero-order valence-corrected chi connectivity index (χ0v) is 5.87. The fourth-order valence-corrected chi connectivity index (χ4v) is 0.683. The maximum Gasteiger partial charge on any atom is 0.302 e.